The van der Waals surface area contributed by atoms with E-state index in [0.29, 0.717) is 5.92 Å². The molecule has 0 aliphatic rings. The van der Waals surface area contributed by atoms with Gasteiger partial charge in [-0.25, -0.2) is 4.98 Å². The van der Waals surface area contributed by atoms with Crippen LogP contribution in [0.15, 0.2) is 43.1 Å². The van der Waals surface area contributed by atoms with E-state index in [9.17, 15) is 0 Å². The van der Waals surface area contributed by atoms with Crippen LogP contribution in [0.5, 0.6) is 0 Å². The normalized spacial score (nSPS) is 11.7. The first kappa shape index (κ1) is 13.8. The molecule has 0 bridgehead atoms. The van der Waals surface area contributed by atoms with Crippen molar-refractivity contribution in [3.05, 3.63) is 48.8 Å². The summed E-state index contributed by atoms with van der Waals surface area (Å²) < 4.78 is 3.83. The maximum absolute atomic E-state index is 4.52. The molecule has 0 aliphatic carbocycles. The van der Waals surface area contributed by atoms with E-state index in [1.54, 1.807) is 4.68 Å². The van der Waals surface area contributed by atoms with E-state index in [1.807, 2.05) is 42.6 Å². The standard InChI is InChI=1S/C17H18N6/c1-11(2)17-16-13(20-21-17)5-4-6-15(16)23-9-14(18-10-23)12-7-19-22(3)8-12/h4-11H,1-3H3,(H,20,21). The van der Waals surface area contributed by atoms with Crippen LogP contribution in [-0.2, 0) is 7.05 Å². The summed E-state index contributed by atoms with van der Waals surface area (Å²) in [6.45, 7) is 4.31. The molecular weight excluding hydrogens is 288 g/mol. The zero-order valence-corrected chi connectivity index (χ0v) is 13.4. The molecule has 116 valence electrons. The van der Waals surface area contributed by atoms with Gasteiger partial charge in [-0.15, -0.1) is 0 Å². The predicted molar refractivity (Wildman–Crippen MR) is 89.5 cm³/mol. The Morgan fingerprint density at radius 3 is 2.78 bits per heavy atom. The molecule has 0 spiro atoms. The van der Waals surface area contributed by atoms with E-state index in [4.69, 9.17) is 0 Å². The van der Waals surface area contributed by atoms with Crippen LogP contribution in [-0.4, -0.2) is 29.5 Å². The molecule has 0 saturated heterocycles. The van der Waals surface area contributed by atoms with Crippen LogP contribution in [0.4, 0.5) is 0 Å². The molecular formula is C17H18N6. The number of fused-ring (bicyclic) bond motifs is 1. The number of benzene rings is 1. The van der Waals surface area contributed by atoms with Crippen LogP contribution < -0.4 is 0 Å². The second kappa shape index (κ2) is 5.08. The maximum Gasteiger partial charge on any atom is 0.0999 e. The number of rotatable bonds is 3. The monoisotopic (exact) mass is 306 g/mol. The quantitative estimate of drug-likeness (QED) is 0.632. The molecule has 1 aromatic carbocycles. The van der Waals surface area contributed by atoms with E-state index in [-0.39, 0.29) is 0 Å². The summed E-state index contributed by atoms with van der Waals surface area (Å²) in [5, 5.41) is 13.0. The van der Waals surface area contributed by atoms with Gasteiger partial charge in [-0.05, 0) is 18.1 Å². The fraction of sp³-hybridized carbons (Fsp3) is 0.235. The average Bonchev–Trinajstić information content (AvgIpc) is 3.24. The molecule has 0 aliphatic heterocycles. The summed E-state index contributed by atoms with van der Waals surface area (Å²) in [6, 6.07) is 6.18. The van der Waals surface area contributed by atoms with Crippen molar-refractivity contribution in [3.63, 3.8) is 0 Å². The SMILES string of the molecule is CC(C)c1n[nH]c2cccc(-n3cnc(-c4cnn(C)c4)c3)c12. The highest BCUT2D eigenvalue weighted by Crippen LogP contribution is 2.29. The molecule has 0 saturated carbocycles. The highest BCUT2D eigenvalue weighted by atomic mass is 15.2. The van der Waals surface area contributed by atoms with Crippen molar-refractivity contribution in [3.8, 4) is 16.9 Å². The largest absolute Gasteiger partial charge is 0.305 e. The Kier molecular flexibility index (Phi) is 3.04. The minimum Gasteiger partial charge on any atom is -0.305 e. The zero-order chi connectivity index (χ0) is 16.0. The third-order valence-electron chi connectivity index (χ3n) is 4.00. The average molecular weight is 306 g/mol. The number of hydrogen-bond acceptors (Lipinski definition) is 3. The lowest BCUT2D eigenvalue weighted by Crippen LogP contribution is -1.94. The van der Waals surface area contributed by atoms with Crippen LogP contribution in [0.1, 0.15) is 25.5 Å². The minimum absolute atomic E-state index is 0.353. The lowest BCUT2D eigenvalue weighted by Gasteiger charge is -2.07. The van der Waals surface area contributed by atoms with Gasteiger partial charge in [-0.3, -0.25) is 9.78 Å². The molecule has 3 aromatic heterocycles. The van der Waals surface area contributed by atoms with Crippen molar-refractivity contribution < 1.29 is 0 Å². The molecule has 0 atom stereocenters. The first-order valence-corrected chi connectivity index (χ1v) is 7.64. The number of hydrogen-bond donors (Lipinski definition) is 1. The van der Waals surface area contributed by atoms with Gasteiger partial charge in [0, 0.05) is 30.4 Å². The lowest BCUT2D eigenvalue weighted by atomic mass is 10.0. The number of aromatic nitrogens is 6. The van der Waals surface area contributed by atoms with Crippen molar-refractivity contribution in [1.29, 1.82) is 0 Å². The van der Waals surface area contributed by atoms with E-state index in [1.165, 1.54) is 0 Å². The molecule has 4 aromatic rings. The van der Waals surface area contributed by atoms with Gasteiger partial charge in [-0.2, -0.15) is 10.2 Å². The summed E-state index contributed by atoms with van der Waals surface area (Å²) in [5.41, 5.74) is 5.12. The number of aryl methyl sites for hydroxylation is 1. The topological polar surface area (TPSA) is 64.3 Å². The van der Waals surface area contributed by atoms with Crippen LogP contribution in [0.25, 0.3) is 27.8 Å². The summed E-state index contributed by atoms with van der Waals surface area (Å²) in [6.07, 6.45) is 7.66. The second-order valence-electron chi connectivity index (χ2n) is 6.03. The predicted octanol–water partition coefficient (Wildman–Crippen LogP) is 3.27. The first-order valence-electron chi connectivity index (χ1n) is 7.64. The molecule has 0 unspecified atom stereocenters. The zero-order valence-electron chi connectivity index (χ0n) is 13.4. The number of nitrogens with zero attached hydrogens (tertiary/aromatic N) is 5. The number of H-pyrrole nitrogens is 1. The Balaban J connectivity index is 1.86. The Bertz CT molecular complexity index is 972. The van der Waals surface area contributed by atoms with E-state index in [0.717, 1.165) is 33.5 Å². The molecule has 6 nitrogen and oxygen atoms in total. The third-order valence-corrected chi connectivity index (χ3v) is 4.00. The minimum atomic E-state index is 0.353. The highest BCUT2D eigenvalue weighted by molar-refractivity contribution is 5.90. The molecule has 23 heavy (non-hydrogen) atoms. The molecule has 6 heteroatoms. The van der Waals surface area contributed by atoms with Gasteiger partial charge in [0.05, 0.1) is 35.1 Å². The Labute approximate surface area is 133 Å². The highest BCUT2D eigenvalue weighted by Gasteiger charge is 2.15. The van der Waals surface area contributed by atoms with Crippen LogP contribution in [0, 0.1) is 0 Å². The van der Waals surface area contributed by atoms with Crippen LogP contribution >= 0.6 is 0 Å². The van der Waals surface area contributed by atoms with Crippen LogP contribution in [0.2, 0.25) is 0 Å². The van der Waals surface area contributed by atoms with Gasteiger partial charge >= 0.3 is 0 Å². The molecule has 0 radical (unpaired) electrons. The lowest BCUT2D eigenvalue weighted by molar-refractivity contribution is 0.768. The van der Waals surface area contributed by atoms with E-state index < -0.39 is 0 Å². The summed E-state index contributed by atoms with van der Waals surface area (Å²) in [5.74, 6) is 0.353. The molecule has 0 amide bonds. The summed E-state index contributed by atoms with van der Waals surface area (Å²) in [7, 11) is 1.90. The van der Waals surface area contributed by atoms with E-state index in [2.05, 4.69) is 46.3 Å². The van der Waals surface area contributed by atoms with Crippen molar-refractivity contribution in [2.45, 2.75) is 19.8 Å². The molecule has 0 fully saturated rings. The second-order valence-corrected chi connectivity index (χ2v) is 6.03. The Hall–Kier alpha value is -2.89. The first-order chi connectivity index (χ1) is 11.1. The van der Waals surface area contributed by atoms with Crippen molar-refractivity contribution in [2.75, 3.05) is 0 Å². The smallest absolute Gasteiger partial charge is 0.0999 e. The summed E-state index contributed by atoms with van der Waals surface area (Å²) in [4.78, 5) is 4.52. The van der Waals surface area contributed by atoms with Gasteiger partial charge in [-0.1, -0.05) is 19.9 Å². The molecule has 4 rings (SSSR count). The third kappa shape index (κ3) is 2.23. The van der Waals surface area contributed by atoms with Gasteiger partial charge in [0.25, 0.3) is 0 Å². The Morgan fingerprint density at radius 1 is 1.17 bits per heavy atom. The van der Waals surface area contributed by atoms with Gasteiger partial charge in [0.1, 0.15) is 0 Å². The van der Waals surface area contributed by atoms with Crippen molar-refractivity contribution in [2.24, 2.45) is 7.05 Å². The van der Waals surface area contributed by atoms with Gasteiger partial charge < -0.3 is 4.57 Å². The number of aromatic amines is 1. The van der Waals surface area contributed by atoms with Gasteiger partial charge in [0.2, 0.25) is 0 Å². The molecule has 3 heterocycles. The number of nitrogens with one attached hydrogen (secondary N) is 1. The maximum atomic E-state index is 4.52. The molecule has 1 N–H and O–H groups in total. The fourth-order valence-electron chi connectivity index (χ4n) is 2.87. The van der Waals surface area contributed by atoms with Crippen molar-refractivity contribution in [1.82, 2.24) is 29.5 Å². The van der Waals surface area contributed by atoms with Crippen molar-refractivity contribution >= 4 is 10.9 Å². The van der Waals surface area contributed by atoms with Crippen LogP contribution in [0.3, 0.4) is 0 Å². The van der Waals surface area contributed by atoms with Gasteiger partial charge in [0.15, 0.2) is 0 Å². The van der Waals surface area contributed by atoms with E-state index >= 15 is 0 Å². The summed E-state index contributed by atoms with van der Waals surface area (Å²) >= 11 is 0. The number of imidazole rings is 1. The fourth-order valence-corrected chi connectivity index (χ4v) is 2.87. The Morgan fingerprint density at radius 2 is 2.04 bits per heavy atom.